The standard InChI is InChI=1S/C28H50O21/c1-2-3-4-42-25-19(39)15(35)22(10(6-30)44-25)48-27-21(41)17(37)24(12(8-32)46-27)49-28-20(40)16(36)23(11(7-31)45-28)47-26-18(38)14(34)13(33)9(5-29)43-26/h9-41H,2-8H2,1H3/t9-,10-,11-,12-,13-,14+,15-,16-,17-,18-,19-,20-,21-,22-,23-,24-,25-,26-,27-,28-/m1/s1. The maximum atomic E-state index is 11.0. The third-order valence-corrected chi connectivity index (χ3v) is 8.96. The second-order valence-electron chi connectivity index (χ2n) is 12.3. The Balaban J connectivity index is 1.41. The summed E-state index contributed by atoms with van der Waals surface area (Å²) in [5.41, 5.74) is 0. The Bertz CT molecular complexity index is 975. The molecule has 0 saturated carbocycles. The van der Waals surface area contributed by atoms with Crippen molar-refractivity contribution in [3.8, 4) is 0 Å². The summed E-state index contributed by atoms with van der Waals surface area (Å²) < 4.78 is 44.2. The van der Waals surface area contributed by atoms with Crippen LogP contribution < -0.4 is 0 Å². The SMILES string of the molecule is CCCCO[C@@H]1O[C@H](CO)[C@@H](O[C@H]2O[C@H](CO)[C@@H](O[C@H]3O[C@H](CO)[C@@H](O[C@H]4O[C@H](CO)[C@@H](O)[C@H](O)[C@H]4O)[C@H](O)[C@H]3O)[C@H](O)[C@H]2O)[C@H](O)[C@H]1O. The summed E-state index contributed by atoms with van der Waals surface area (Å²) in [6, 6.07) is 0. The van der Waals surface area contributed by atoms with Crippen LogP contribution in [-0.4, -0.2) is 222 Å². The number of ether oxygens (including phenoxy) is 8. The van der Waals surface area contributed by atoms with E-state index in [1.165, 1.54) is 0 Å². The maximum absolute atomic E-state index is 11.0. The molecule has 21 heteroatoms. The Morgan fingerprint density at radius 2 is 0.735 bits per heavy atom. The summed E-state index contributed by atoms with van der Waals surface area (Å²) in [6.07, 6.45) is -32.5. The number of aliphatic hydroxyl groups is 13. The first-order valence-corrected chi connectivity index (χ1v) is 16.1. The second kappa shape index (κ2) is 18.3. The molecule has 4 aliphatic rings. The third kappa shape index (κ3) is 8.87. The molecule has 13 N–H and O–H groups in total. The molecule has 4 rings (SSSR count). The van der Waals surface area contributed by atoms with E-state index in [0.717, 1.165) is 6.42 Å². The fourth-order valence-corrected chi connectivity index (χ4v) is 6.01. The van der Waals surface area contributed by atoms with Crippen LogP contribution in [0.2, 0.25) is 0 Å². The number of unbranched alkanes of at least 4 members (excludes halogenated alkanes) is 1. The highest BCUT2D eigenvalue weighted by molar-refractivity contribution is 4.97. The van der Waals surface area contributed by atoms with Crippen molar-refractivity contribution in [1.29, 1.82) is 0 Å². The molecule has 20 atom stereocenters. The molecule has 0 radical (unpaired) electrons. The van der Waals surface area contributed by atoms with Crippen molar-refractivity contribution >= 4 is 0 Å². The molecule has 0 aromatic heterocycles. The van der Waals surface area contributed by atoms with E-state index in [9.17, 15) is 66.4 Å². The van der Waals surface area contributed by atoms with Crippen LogP contribution in [0.1, 0.15) is 19.8 Å². The van der Waals surface area contributed by atoms with Crippen LogP contribution in [0.5, 0.6) is 0 Å². The quantitative estimate of drug-likeness (QED) is 0.0740. The Morgan fingerprint density at radius 1 is 0.408 bits per heavy atom. The molecule has 0 aromatic carbocycles. The first-order chi connectivity index (χ1) is 23.3. The van der Waals surface area contributed by atoms with Crippen molar-refractivity contribution in [3.63, 3.8) is 0 Å². The Labute approximate surface area is 280 Å². The summed E-state index contributed by atoms with van der Waals surface area (Å²) in [6.45, 7) is -1.14. The molecule has 0 aromatic rings. The molecule has 4 aliphatic heterocycles. The van der Waals surface area contributed by atoms with Gasteiger partial charge in [-0.1, -0.05) is 13.3 Å². The highest BCUT2D eigenvalue weighted by Gasteiger charge is 2.55. The van der Waals surface area contributed by atoms with Crippen molar-refractivity contribution in [2.45, 2.75) is 143 Å². The largest absolute Gasteiger partial charge is 0.394 e. The van der Waals surface area contributed by atoms with Crippen LogP contribution >= 0.6 is 0 Å². The van der Waals surface area contributed by atoms with Crippen molar-refractivity contribution in [2.75, 3.05) is 33.0 Å². The fraction of sp³-hybridized carbons (Fsp3) is 1.00. The van der Waals surface area contributed by atoms with Crippen LogP contribution in [0.25, 0.3) is 0 Å². The van der Waals surface area contributed by atoms with E-state index < -0.39 is 149 Å². The van der Waals surface area contributed by atoms with Gasteiger partial charge < -0.3 is 104 Å². The first-order valence-electron chi connectivity index (χ1n) is 16.1. The normalized spacial score (nSPS) is 49.6. The van der Waals surface area contributed by atoms with Gasteiger partial charge in [0.05, 0.1) is 26.4 Å². The molecule has 288 valence electrons. The minimum Gasteiger partial charge on any atom is -0.394 e. The molecule has 4 saturated heterocycles. The monoisotopic (exact) mass is 722 g/mol. The number of hydrogen-bond acceptors (Lipinski definition) is 21. The predicted molar refractivity (Wildman–Crippen MR) is 153 cm³/mol. The van der Waals surface area contributed by atoms with Crippen LogP contribution in [0.4, 0.5) is 0 Å². The van der Waals surface area contributed by atoms with Gasteiger partial charge in [-0.25, -0.2) is 0 Å². The van der Waals surface area contributed by atoms with Crippen molar-refractivity contribution in [2.24, 2.45) is 0 Å². The van der Waals surface area contributed by atoms with Gasteiger partial charge in [-0.05, 0) is 6.42 Å². The lowest BCUT2D eigenvalue weighted by Crippen LogP contribution is -2.67. The lowest BCUT2D eigenvalue weighted by Gasteiger charge is -2.49. The molecule has 49 heavy (non-hydrogen) atoms. The van der Waals surface area contributed by atoms with Gasteiger partial charge in [-0.2, -0.15) is 0 Å². The van der Waals surface area contributed by atoms with Gasteiger partial charge in [0.1, 0.15) is 97.7 Å². The summed E-state index contributed by atoms with van der Waals surface area (Å²) in [7, 11) is 0. The van der Waals surface area contributed by atoms with Gasteiger partial charge in [0.15, 0.2) is 25.2 Å². The van der Waals surface area contributed by atoms with E-state index in [0.29, 0.717) is 6.42 Å². The average molecular weight is 723 g/mol. The van der Waals surface area contributed by atoms with Crippen molar-refractivity contribution in [1.82, 2.24) is 0 Å². The van der Waals surface area contributed by atoms with E-state index in [1.807, 2.05) is 6.92 Å². The summed E-state index contributed by atoms with van der Waals surface area (Å²) >= 11 is 0. The lowest BCUT2D eigenvalue weighted by atomic mass is 9.95. The van der Waals surface area contributed by atoms with E-state index >= 15 is 0 Å². The topological polar surface area (TPSA) is 337 Å². The van der Waals surface area contributed by atoms with E-state index in [4.69, 9.17) is 37.9 Å². The molecule has 4 heterocycles. The Morgan fingerprint density at radius 3 is 1.10 bits per heavy atom. The van der Waals surface area contributed by atoms with Gasteiger partial charge in [-0.15, -0.1) is 0 Å². The zero-order chi connectivity index (χ0) is 36.2. The maximum Gasteiger partial charge on any atom is 0.187 e. The van der Waals surface area contributed by atoms with Crippen LogP contribution in [0.3, 0.4) is 0 Å². The van der Waals surface area contributed by atoms with Gasteiger partial charge >= 0.3 is 0 Å². The minimum atomic E-state index is -2.01. The van der Waals surface area contributed by atoms with Crippen LogP contribution in [0.15, 0.2) is 0 Å². The van der Waals surface area contributed by atoms with Crippen LogP contribution in [0, 0.1) is 0 Å². The number of hydrogen-bond donors (Lipinski definition) is 13. The molecular weight excluding hydrogens is 672 g/mol. The molecule has 21 nitrogen and oxygen atoms in total. The van der Waals surface area contributed by atoms with Gasteiger partial charge in [0, 0.05) is 6.61 Å². The Kier molecular flexibility index (Phi) is 15.3. The van der Waals surface area contributed by atoms with Gasteiger partial charge in [0.2, 0.25) is 0 Å². The molecule has 0 bridgehead atoms. The van der Waals surface area contributed by atoms with Crippen LogP contribution in [-0.2, 0) is 37.9 Å². The van der Waals surface area contributed by atoms with Crippen molar-refractivity contribution < 1.29 is 104 Å². The molecule has 0 aliphatic carbocycles. The average Bonchev–Trinajstić information content (AvgIpc) is 3.10. The molecule has 0 unspecified atom stereocenters. The third-order valence-electron chi connectivity index (χ3n) is 8.96. The minimum absolute atomic E-state index is 0.201. The van der Waals surface area contributed by atoms with E-state index in [1.54, 1.807) is 0 Å². The lowest BCUT2D eigenvalue weighted by molar-refractivity contribution is -0.388. The van der Waals surface area contributed by atoms with Gasteiger partial charge in [-0.3, -0.25) is 0 Å². The predicted octanol–water partition coefficient (Wildman–Crippen LogP) is -7.92. The van der Waals surface area contributed by atoms with E-state index in [-0.39, 0.29) is 6.61 Å². The number of rotatable bonds is 14. The zero-order valence-electron chi connectivity index (χ0n) is 26.6. The molecule has 0 spiro atoms. The molecule has 0 amide bonds. The summed E-state index contributed by atoms with van der Waals surface area (Å²) in [4.78, 5) is 0. The molecule has 4 fully saturated rings. The van der Waals surface area contributed by atoms with Gasteiger partial charge in [0.25, 0.3) is 0 Å². The number of aliphatic hydroxyl groups excluding tert-OH is 13. The Hall–Kier alpha value is -0.840. The summed E-state index contributed by atoms with van der Waals surface area (Å²) in [5.74, 6) is 0. The van der Waals surface area contributed by atoms with E-state index in [2.05, 4.69) is 0 Å². The molecular formula is C28H50O21. The fourth-order valence-electron chi connectivity index (χ4n) is 6.01. The highest BCUT2D eigenvalue weighted by atomic mass is 16.8. The first kappa shape index (κ1) is 40.9. The van der Waals surface area contributed by atoms with Crippen molar-refractivity contribution in [3.05, 3.63) is 0 Å². The smallest absolute Gasteiger partial charge is 0.187 e. The zero-order valence-corrected chi connectivity index (χ0v) is 26.6. The second-order valence-corrected chi connectivity index (χ2v) is 12.3. The highest BCUT2D eigenvalue weighted by Crippen LogP contribution is 2.34. The summed E-state index contributed by atoms with van der Waals surface area (Å²) in [5, 5.41) is 135.